The van der Waals surface area contributed by atoms with E-state index >= 15 is 0 Å². The molecule has 0 aromatic carbocycles. The molecule has 0 radical (unpaired) electrons. The van der Waals surface area contributed by atoms with Crippen LogP contribution < -0.4 is 10.6 Å². The van der Waals surface area contributed by atoms with Gasteiger partial charge in [-0.1, -0.05) is 0 Å². The SMILES string of the molecule is c1cc2occc2c(NC2CCNCC2)n1. The second kappa shape index (κ2) is 4.14. The van der Waals surface area contributed by atoms with Crippen LogP contribution in [0.5, 0.6) is 0 Å². The number of aromatic nitrogens is 1. The number of nitrogens with one attached hydrogen (secondary N) is 2. The Morgan fingerprint density at radius 2 is 2.19 bits per heavy atom. The van der Waals surface area contributed by atoms with Crippen molar-refractivity contribution in [3.8, 4) is 0 Å². The molecule has 0 aliphatic carbocycles. The average Bonchev–Trinajstić information content (AvgIpc) is 2.80. The highest BCUT2D eigenvalue weighted by Gasteiger charge is 2.14. The van der Waals surface area contributed by atoms with Gasteiger partial charge in [0.05, 0.1) is 11.6 Å². The van der Waals surface area contributed by atoms with E-state index in [4.69, 9.17) is 4.42 Å². The molecule has 0 atom stereocenters. The number of rotatable bonds is 2. The Hall–Kier alpha value is -1.55. The van der Waals surface area contributed by atoms with E-state index in [1.807, 2.05) is 12.1 Å². The lowest BCUT2D eigenvalue weighted by Crippen LogP contribution is -2.35. The molecule has 0 amide bonds. The number of pyridine rings is 1. The van der Waals surface area contributed by atoms with Crippen LogP contribution in [0.15, 0.2) is 29.0 Å². The van der Waals surface area contributed by atoms with Crippen molar-refractivity contribution in [2.45, 2.75) is 18.9 Å². The van der Waals surface area contributed by atoms with Crippen LogP contribution in [-0.2, 0) is 0 Å². The van der Waals surface area contributed by atoms with Crippen LogP contribution in [-0.4, -0.2) is 24.1 Å². The molecule has 1 saturated heterocycles. The van der Waals surface area contributed by atoms with Crippen molar-refractivity contribution in [1.82, 2.24) is 10.3 Å². The molecule has 0 spiro atoms. The highest BCUT2D eigenvalue weighted by atomic mass is 16.3. The predicted molar refractivity (Wildman–Crippen MR) is 63.5 cm³/mol. The van der Waals surface area contributed by atoms with Gasteiger partial charge in [0, 0.05) is 12.2 Å². The fourth-order valence-electron chi connectivity index (χ4n) is 2.17. The van der Waals surface area contributed by atoms with Crippen LogP contribution in [0.2, 0.25) is 0 Å². The molecule has 3 heterocycles. The zero-order chi connectivity index (χ0) is 10.8. The fraction of sp³-hybridized carbons (Fsp3) is 0.417. The molecule has 1 aliphatic rings. The maximum atomic E-state index is 5.36. The second-order valence-corrected chi connectivity index (χ2v) is 4.16. The molecule has 84 valence electrons. The number of hydrogen-bond donors (Lipinski definition) is 2. The van der Waals surface area contributed by atoms with Crippen molar-refractivity contribution in [1.29, 1.82) is 0 Å². The van der Waals surface area contributed by atoms with Gasteiger partial charge in [0.15, 0.2) is 0 Å². The number of furan rings is 1. The minimum Gasteiger partial charge on any atom is -0.464 e. The van der Waals surface area contributed by atoms with E-state index in [-0.39, 0.29) is 0 Å². The first kappa shape index (κ1) is 9.66. The molecule has 2 N–H and O–H groups in total. The Bertz CT molecular complexity index is 474. The molecule has 0 saturated carbocycles. The zero-order valence-electron chi connectivity index (χ0n) is 9.07. The molecule has 0 unspecified atom stereocenters. The van der Waals surface area contributed by atoms with E-state index in [1.165, 1.54) is 0 Å². The Morgan fingerprint density at radius 1 is 1.31 bits per heavy atom. The van der Waals surface area contributed by atoms with Gasteiger partial charge in [0.25, 0.3) is 0 Å². The van der Waals surface area contributed by atoms with Crippen molar-refractivity contribution in [2.24, 2.45) is 0 Å². The minimum atomic E-state index is 0.522. The highest BCUT2D eigenvalue weighted by molar-refractivity contribution is 5.87. The van der Waals surface area contributed by atoms with Crippen LogP contribution in [0.3, 0.4) is 0 Å². The molecule has 0 bridgehead atoms. The van der Waals surface area contributed by atoms with E-state index in [0.717, 1.165) is 42.7 Å². The Kier molecular flexibility index (Phi) is 2.50. The first-order chi connectivity index (χ1) is 7.93. The third kappa shape index (κ3) is 1.76. The molecule has 2 aromatic rings. The Labute approximate surface area is 94.0 Å². The van der Waals surface area contributed by atoms with Crippen LogP contribution in [0.25, 0.3) is 11.0 Å². The van der Waals surface area contributed by atoms with Crippen LogP contribution in [0, 0.1) is 0 Å². The summed E-state index contributed by atoms with van der Waals surface area (Å²) in [4.78, 5) is 4.38. The maximum absolute atomic E-state index is 5.36. The van der Waals surface area contributed by atoms with Crippen LogP contribution in [0.1, 0.15) is 12.8 Å². The summed E-state index contributed by atoms with van der Waals surface area (Å²) >= 11 is 0. The first-order valence-electron chi connectivity index (χ1n) is 5.73. The molecule has 1 aliphatic heterocycles. The first-order valence-corrected chi connectivity index (χ1v) is 5.73. The normalized spacial score (nSPS) is 17.8. The van der Waals surface area contributed by atoms with Gasteiger partial charge in [-0.15, -0.1) is 0 Å². The quantitative estimate of drug-likeness (QED) is 0.807. The van der Waals surface area contributed by atoms with E-state index < -0.39 is 0 Å². The van der Waals surface area contributed by atoms with E-state index in [2.05, 4.69) is 15.6 Å². The minimum absolute atomic E-state index is 0.522. The van der Waals surface area contributed by atoms with E-state index in [1.54, 1.807) is 12.5 Å². The standard InChI is InChI=1S/C12H15N3O/c1-5-13-6-2-9(1)15-12-10-4-8-16-11(10)3-7-14-12/h3-4,7-9,13H,1-2,5-6H2,(H,14,15). The monoisotopic (exact) mass is 217 g/mol. The Balaban J connectivity index is 1.85. The predicted octanol–water partition coefficient (Wildman–Crippen LogP) is 1.99. The summed E-state index contributed by atoms with van der Waals surface area (Å²) in [5, 5.41) is 7.92. The van der Waals surface area contributed by atoms with Crippen molar-refractivity contribution >= 4 is 16.8 Å². The average molecular weight is 217 g/mol. The smallest absolute Gasteiger partial charge is 0.139 e. The topological polar surface area (TPSA) is 50.1 Å². The molecule has 4 nitrogen and oxygen atoms in total. The zero-order valence-corrected chi connectivity index (χ0v) is 9.07. The number of hydrogen-bond acceptors (Lipinski definition) is 4. The molecule has 16 heavy (non-hydrogen) atoms. The second-order valence-electron chi connectivity index (χ2n) is 4.16. The van der Waals surface area contributed by atoms with Crippen molar-refractivity contribution in [3.63, 3.8) is 0 Å². The van der Waals surface area contributed by atoms with Gasteiger partial charge in [-0.05, 0) is 38.1 Å². The van der Waals surface area contributed by atoms with Crippen LogP contribution in [0.4, 0.5) is 5.82 Å². The highest BCUT2D eigenvalue weighted by Crippen LogP contribution is 2.23. The lowest BCUT2D eigenvalue weighted by atomic mass is 10.1. The van der Waals surface area contributed by atoms with Crippen molar-refractivity contribution in [3.05, 3.63) is 24.6 Å². The van der Waals surface area contributed by atoms with E-state index in [0.29, 0.717) is 6.04 Å². The summed E-state index contributed by atoms with van der Waals surface area (Å²) in [5.41, 5.74) is 0.895. The lowest BCUT2D eigenvalue weighted by molar-refractivity contribution is 0.478. The van der Waals surface area contributed by atoms with Gasteiger partial charge in [-0.25, -0.2) is 4.98 Å². The summed E-state index contributed by atoms with van der Waals surface area (Å²) in [7, 11) is 0. The lowest BCUT2D eigenvalue weighted by Gasteiger charge is -2.24. The number of piperidine rings is 1. The number of fused-ring (bicyclic) bond motifs is 1. The third-order valence-corrected chi connectivity index (χ3v) is 3.06. The van der Waals surface area contributed by atoms with Gasteiger partial charge in [0.1, 0.15) is 11.4 Å². The molecular formula is C12H15N3O. The summed E-state index contributed by atoms with van der Waals surface area (Å²) in [6, 6.07) is 4.38. The summed E-state index contributed by atoms with van der Waals surface area (Å²) in [6.45, 7) is 2.16. The van der Waals surface area contributed by atoms with Gasteiger partial charge in [0.2, 0.25) is 0 Å². The maximum Gasteiger partial charge on any atom is 0.139 e. The van der Waals surface area contributed by atoms with Crippen LogP contribution >= 0.6 is 0 Å². The van der Waals surface area contributed by atoms with Gasteiger partial charge in [-0.3, -0.25) is 0 Å². The van der Waals surface area contributed by atoms with Crippen molar-refractivity contribution < 1.29 is 4.42 Å². The van der Waals surface area contributed by atoms with Gasteiger partial charge in [-0.2, -0.15) is 0 Å². The molecule has 3 rings (SSSR count). The summed E-state index contributed by atoms with van der Waals surface area (Å²) < 4.78 is 5.36. The molecular weight excluding hydrogens is 202 g/mol. The molecule has 4 heteroatoms. The molecule has 1 fully saturated rings. The van der Waals surface area contributed by atoms with E-state index in [9.17, 15) is 0 Å². The molecule has 2 aromatic heterocycles. The Morgan fingerprint density at radius 3 is 3.06 bits per heavy atom. The third-order valence-electron chi connectivity index (χ3n) is 3.06. The summed E-state index contributed by atoms with van der Waals surface area (Å²) in [5.74, 6) is 0.943. The number of nitrogens with zero attached hydrogens (tertiary/aromatic N) is 1. The summed E-state index contributed by atoms with van der Waals surface area (Å²) in [6.07, 6.45) is 5.79. The number of anilines is 1. The van der Waals surface area contributed by atoms with Crippen molar-refractivity contribution in [2.75, 3.05) is 18.4 Å². The van der Waals surface area contributed by atoms with Gasteiger partial charge < -0.3 is 15.1 Å². The fourth-order valence-corrected chi connectivity index (χ4v) is 2.17. The largest absolute Gasteiger partial charge is 0.464 e. The van der Waals surface area contributed by atoms with Gasteiger partial charge >= 0.3 is 0 Å².